The van der Waals surface area contributed by atoms with Crippen molar-refractivity contribution in [3.63, 3.8) is 0 Å². The zero-order valence-electron chi connectivity index (χ0n) is 9.44. The smallest absolute Gasteiger partial charge is 0.104 e. The minimum Gasteiger partial charge on any atom is -0.747 e. The standard InChI is InChI=1S/C10H14O3S.H3N/c1-8-6-4-5-7-9(8)10(2,3)14(11,12)13;/h4-7H,1-3H3,(H,11,12,13);1H3. The summed E-state index contributed by atoms with van der Waals surface area (Å²) < 4.78 is 31.8. The van der Waals surface area contributed by atoms with E-state index in [0.717, 1.165) is 5.56 Å². The summed E-state index contributed by atoms with van der Waals surface area (Å²) in [5.74, 6) is 0. The first-order chi connectivity index (χ1) is 6.27. The molecular formula is C10H17NO3S. The number of hydrogen-bond donors (Lipinski definition) is 1. The van der Waals surface area contributed by atoms with Crippen LogP contribution in [0.4, 0.5) is 0 Å². The second kappa shape index (κ2) is 4.30. The second-order valence-electron chi connectivity index (χ2n) is 3.78. The van der Waals surface area contributed by atoms with Crippen molar-refractivity contribution in [1.82, 2.24) is 6.15 Å². The lowest BCUT2D eigenvalue weighted by atomic mass is 9.97. The maximum absolute atomic E-state index is 11.1. The maximum atomic E-state index is 11.1. The van der Waals surface area contributed by atoms with Gasteiger partial charge in [0.25, 0.3) is 0 Å². The molecule has 0 radical (unpaired) electrons. The Bertz CT molecular complexity index is 438. The molecule has 0 bridgehead atoms. The molecule has 0 amide bonds. The molecule has 0 saturated carbocycles. The van der Waals surface area contributed by atoms with Crippen LogP contribution in [0.25, 0.3) is 0 Å². The van der Waals surface area contributed by atoms with E-state index in [9.17, 15) is 13.0 Å². The second-order valence-corrected chi connectivity index (χ2v) is 5.71. The van der Waals surface area contributed by atoms with Crippen LogP contribution in [-0.2, 0) is 14.9 Å². The van der Waals surface area contributed by atoms with Gasteiger partial charge in [-0.3, -0.25) is 0 Å². The first-order valence-electron chi connectivity index (χ1n) is 4.28. The van der Waals surface area contributed by atoms with Crippen molar-refractivity contribution >= 4 is 10.1 Å². The van der Waals surface area contributed by atoms with Crippen LogP contribution in [0.5, 0.6) is 0 Å². The molecule has 15 heavy (non-hydrogen) atoms. The van der Waals surface area contributed by atoms with Gasteiger partial charge in [0.05, 0.1) is 4.75 Å². The Morgan fingerprint density at radius 2 is 1.67 bits per heavy atom. The fourth-order valence-electron chi connectivity index (χ4n) is 1.38. The van der Waals surface area contributed by atoms with E-state index < -0.39 is 14.9 Å². The SMILES string of the molecule is Cc1ccccc1C(C)(C)S(=O)(=O)[O-].[NH4+]. The highest BCUT2D eigenvalue weighted by atomic mass is 32.2. The first-order valence-corrected chi connectivity index (χ1v) is 5.69. The van der Waals surface area contributed by atoms with Crippen LogP contribution < -0.4 is 6.15 Å². The first kappa shape index (κ1) is 14.1. The molecule has 5 heteroatoms. The molecule has 0 heterocycles. The van der Waals surface area contributed by atoms with E-state index in [-0.39, 0.29) is 6.15 Å². The Hall–Kier alpha value is -0.910. The minimum atomic E-state index is -4.33. The molecule has 0 aliphatic rings. The number of rotatable bonds is 2. The summed E-state index contributed by atoms with van der Waals surface area (Å²) in [6.07, 6.45) is 0. The zero-order valence-corrected chi connectivity index (χ0v) is 10.3. The number of quaternary nitrogens is 1. The molecule has 1 aromatic carbocycles. The Balaban J connectivity index is 0.00000196. The molecule has 0 unspecified atom stereocenters. The molecule has 0 aromatic heterocycles. The monoisotopic (exact) mass is 231 g/mol. The Kier molecular flexibility index (Phi) is 4.04. The summed E-state index contributed by atoms with van der Waals surface area (Å²) in [5, 5.41) is 0. The van der Waals surface area contributed by atoms with Gasteiger partial charge in [0, 0.05) is 0 Å². The number of hydrogen-bond acceptors (Lipinski definition) is 3. The summed E-state index contributed by atoms with van der Waals surface area (Å²) in [4.78, 5) is 0. The zero-order chi connectivity index (χ0) is 11.0. The Labute approximate surface area is 90.7 Å². The van der Waals surface area contributed by atoms with Crippen LogP contribution in [0, 0.1) is 6.92 Å². The van der Waals surface area contributed by atoms with E-state index in [0.29, 0.717) is 5.56 Å². The third-order valence-corrected chi connectivity index (χ3v) is 3.89. The van der Waals surface area contributed by atoms with Crippen LogP contribution >= 0.6 is 0 Å². The van der Waals surface area contributed by atoms with Crippen molar-refractivity contribution in [2.75, 3.05) is 0 Å². The molecule has 0 aliphatic carbocycles. The topological polar surface area (TPSA) is 93.7 Å². The van der Waals surface area contributed by atoms with Gasteiger partial charge in [-0.2, -0.15) is 0 Å². The summed E-state index contributed by atoms with van der Waals surface area (Å²) in [6.45, 7) is 4.65. The highest BCUT2D eigenvalue weighted by Crippen LogP contribution is 2.30. The predicted octanol–water partition coefficient (Wildman–Crippen LogP) is 2.15. The Morgan fingerprint density at radius 3 is 2.07 bits per heavy atom. The van der Waals surface area contributed by atoms with Crippen molar-refractivity contribution < 1.29 is 13.0 Å². The summed E-state index contributed by atoms with van der Waals surface area (Å²) >= 11 is 0. The van der Waals surface area contributed by atoms with Gasteiger partial charge in [0.15, 0.2) is 0 Å². The molecule has 1 rings (SSSR count). The van der Waals surface area contributed by atoms with Crippen LogP contribution in [0.2, 0.25) is 0 Å². The summed E-state index contributed by atoms with van der Waals surface area (Å²) in [6, 6.07) is 7.01. The molecule has 0 spiro atoms. The maximum Gasteiger partial charge on any atom is 0.104 e. The molecule has 0 atom stereocenters. The largest absolute Gasteiger partial charge is 0.747 e. The molecule has 0 aliphatic heterocycles. The average molecular weight is 231 g/mol. The van der Waals surface area contributed by atoms with Gasteiger partial charge in [-0.25, -0.2) is 8.42 Å². The van der Waals surface area contributed by atoms with E-state index in [2.05, 4.69) is 0 Å². The van der Waals surface area contributed by atoms with Crippen molar-refractivity contribution in [3.05, 3.63) is 35.4 Å². The van der Waals surface area contributed by atoms with Gasteiger partial charge in [0.2, 0.25) is 0 Å². The van der Waals surface area contributed by atoms with Crippen molar-refractivity contribution in [2.24, 2.45) is 0 Å². The third-order valence-electron chi connectivity index (χ3n) is 2.42. The van der Waals surface area contributed by atoms with Crippen LogP contribution in [0.3, 0.4) is 0 Å². The normalized spacial score (nSPS) is 12.0. The fourth-order valence-corrected chi connectivity index (χ4v) is 1.88. The van der Waals surface area contributed by atoms with Gasteiger partial charge < -0.3 is 10.7 Å². The van der Waals surface area contributed by atoms with Gasteiger partial charge in [0.1, 0.15) is 10.1 Å². The van der Waals surface area contributed by atoms with Gasteiger partial charge in [-0.1, -0.05) is 24.3 Å². The molecule has 0 fully saturated rings. The molecule has 4 nitrogen and oxygen atoms in total. The predicted molar refractivity (Wildman–Crippen MR) is 59.9 cm³/mol. The van der Waals surface area contributed by atoms with E-state index in [4.69, 9.17) is 0 Å². The van der Waals surface area contributed by atoms with Gasteiger partial charge in [-0.05, 0) is 31.9 Å². The number of benzene rings is 1. The van der Waals surface area contributed by atoms with Crippen LogP contribution in [0.15, 0.2) is 24.3 Å². The van der Waals surface area contributed by atoms with Crippen LogP contribution in [0.1, 0.15) is 25.0 Å². The number of aryl methyl sites for hydroxylation is 1. The summed E-state index contributed by atoms with van der Waals surface area (Å²) in [7, 11) is -4.33. The quantitative estimate of drug-likeness (QED) is 0.790. The highest BCUT2D eigenvalue weighted by Gasteiger charge is 2.29. The lowest BCUT2D eigenvalue weighted by Crippen LogP contribution is -2.29. The van der Waals surface area contributed by atoms with Crippen LogP contribution in [-0.4, -0.2) is 13.0 Å². The van der Waals surface area contributed by atoms with E-state index in [1.807, 2.05) is 6.07 Å². The van der Waals surface area contributed by atoms with Gasteiger partial charge >= 0.3 is 0 Å². The fraction of sp³-hybridized carbons (Fsp3) is 0.400. The lowest BCUT2D eigenvalue weighted by Gasteiger charge is -2.29. The van der Waals surface area contributed by atoms with Crippen molar-refractivity contribution in [3.8, 4) is 0 Å². The molecule has 86 valence electrons. The van der Waals surface area contributed by atoms with Crippen molar-refractivity contribution in [1.29, 1.82) is 0 Å². The van der Waals surface area contributed by atoms with Gasteiger partial charge in [-0.15, -0.1) is 0 Å². The lowest BCUT2D eigenvalue weighted by molar-refractivity contribution is 0.427. The molecule has 1 aromatic rings. The molecule has 0 saturated heterocycles. The van der Waals surface area contributed by atoms with E-state index in [1.54, 1.807) is 25.1 Å². The third kappa shape index (κ3) is 2.56. The van der Waals surface area contributed by atoms with E-state index in [1.165, 1.54) is 13.8 Å². The summed E-state index contributed by atoms with van der Waals surface area (Å²) in [5.41, 5.74) is 1.38. The highest BCUT2D eigenvalue weighted by molar-refractivity contribution is 7.86. The average Bonchev–Trinajstić information content (AvgIpc) is 2.02. The Morgan fingerprint density at radius 1 is 1.20 bits per heavy atom. The molecular weight excluding hydrogens is 214 g/mol. The van der Waals surface area contributed by atoms with E-state index >= 15 is 0 Å². The molecule has 4 N–H and O–H groups in total. The van der Waals surface area contributed by atoms with Crippen molar-refractivity contribution in [2.45, 2.75) is 25.5 Å². The minimum absolute atomic E-state index is 0.